The number of nitrogens with zero attached hydrogens (tertiary/aromatic N) is 4. The van der Waals surface area contributed by atoms with Crippen LogP contribution in [0, 0.1) is 6.92 Å². The van der Waals surface area contributed by atoms with Crippen LogP contribution in [-0.2, 0) is 9.59 Å². The number of likely N-dealkylation sites (N-methyl/N-ethyl adjacent to an activating group) is 3. The molecule has 0 unspecified atom stereocenters. The number of aromatic nitrogens is 1. The molecule has 2 amide bonds. The number of hydrogen-bond acceptors (Lipinski definition) is 5. The van der Waals surface area contributed by atoms with Crippen LogP contribution < -0.4 is 5.32 Å². The van der Waals surface area contributed by atoms with Gasteiger partial charge < -0.3 is 15.1 Å². The quantitative estimate of drug-likeness (QED) is 0.662. The second-order valence-corrected chi connectivity index (χ2v) is 7.23. The van der Waals surface area contributed by atoms with Crippen LogP contribution in [0.5, 0.6) is 0 Å². The first-order valence-electron chi connectivity index (χ1n) is 8.26. The molecule has 0 bridgehead atoms. The lowest BCUT2D eigenvalue weighted by Gasteiger charge is -2.25. The van der Waals surface area contributed by atoms with Gasteiger partial charge in [-0.25, -0.2) is 4.98 Å². The van der Waals surface area contributed by atoms with Gasteiger partial charge in [-0.15, -0.1) is 0 Å². The fourth-order valence-electron chi connectivity index (χ4n) is 2.25. The van der Waals surface area contributed by atoms with Gasteiger partial charge in [-0.3, -0.25) is 14.5 Å². The summed E-state index contributed by atoms with van der Waals surface area (Å²) >= 11 is 3.34. The van der Waals surface area contributed by atoms with Crippen molar-refractivity contribution in [2.45, 2.75) is 13.8 Å². The second kappa shape index (κ2) is 10.5. The van der Waals surface area contributed by atoms with E-state index in [2.05, 4.69) is 26.2 Å². The molecular weight excluding hydrogens is 386 g/mol. The zero-order valence-electron chi connectivity index (χ0n) is 15.7. The molecule has 0 fully saturated rings. The second-order valence-electron chi connectivity index (χ2n) is 6.32. The summed E-state index contributed by atoms with van der Waals surface area (Å²) in [5, 5.41) is 2.78. The third-order valence-corrected chi connectivity index (χ3v) is 4.11. The Morgan fingerprint density at radius 3 is 2.44 bits per heavy atom. The predicted octanol–water partition coefficient (Wildman–Crippen LogP) is 1.43. The highest BCUT2D eigenvalue weighted by Crippen LogP contribution is 2.16. The maximum Gasteiger partial charge on any atom is 0.239 e. The van der Waals surface area contributed by atoms with E-state index in [9.17, 15) is 9.59 Å². The van der Waals surface area contributed by atoms with Gasteiger partial charge in [0, 0.05) is 30.3 Å². The molecule has 25 heavy (non-hydrogen) atoms. The average molecular weight is 414 g/mol. The van der Waals surface area contributed by atoms with Crippen molar-refractivity contribution in [1.29, 1.82) is 0 Å². The Morgan fingerprint density at radius 1 is 1.20 bits per heavy atom. The van der Waals surface area contributed by atoms with Gasteiger partial charge in [0.25, 0.3) is 0 Å². The lowest BCUT2D eigenvalue weighted by Crippen LogP contribution is -2.43. The maximum absolute atomic E-state index is 12.3. The number of aryl methyl sites for hydroxylation is 1. The molecule has 1 aromatic rings. The molecule has 1 aromatic heterocycles. The van der Waals surface area contributed by atoms with Gasteiger partial charge >= 0.3 is 0 Å². The lowest BCUT2D eigenvalue weighted by molar-refractivity contribution is -0.132. The minimum Gasteiger partial charge on any atom is -0.341 e. The summed E-state index contributed by atoms with van der Waals surface area (Å²) in [6.45, 7) is 6.35. The molecule has 8 heteroatoms. The lowest BCUT2D eigenvalue weighted by atomic mass is 10.3. The van der Waals surface area contributed by atoms with Gasteiger partial charge in [0.05, 0.1) is 13.1 Å². The first kappa shape index (κ1) is 21.5. The molecule has 1 N–H and O–H groups in total. The normalized spacial score (nSPS) is 11.0. The van der Waals surface area contributed by atoms with E-state index in [0.717, 1.165) is 16.6 Å². The van der Waals surface area contributed by atoms with Crippen LogP contribution in [0.15, 0.2) is 16.7 Å². The van der Waals surface area contributed by atoms with Gasteiger partial charge in [0.15, 0.2) is 0 Å². The molecule has 0 aliphatic carbocycles. The van der Waals surface area contributed by atoms with Gasteiger partial charge in [0.2, 0.25) is 11.8 Å². The summed E-state index contributed by atoms with van der Waals surface area (Å²) in [5.74, 6) is 0.372. The molecule has 7 nitrogen and oxygen atoms in total. The van der Waals surface area contributed by atoms with E-state index in [1.807, 2.05) is 38.9 Å². The zero-order chi connectivity index (χ0) is 19.0. The molecule has 1 rings (SSSR count). The molecule has 0 spiro atoms. The van der Waals surface area contributed by atoms with E-state index >= 15 is 0 Å². The molecule has 0 aliphatic heterocycles. The Bertz CT molecular complexity index is 594. The molecule has 0 radical (unpaired) electrons. The van der Waals surface area contributed by atoms with Crippen LogP contribution >= 0.6 is 15.9 Å². The molecule has 0 atom stereocenters. The van der Waals surface area contributed by atoms with Crippen molar-refractivity contribution >= 4 is 33.6 Å². The van der Waals surface area contributed by atoms with Crippen molar-refractivity contribution in [2.24, 2.45) is 0 Å². The minimum atomic E-state index is -0.190. The molecule has 0 saturated heterocycles. The van der Waals surface area contributed by atoms with Crippen LogP contribution in [0.3, 0.4) is 0 Å². The van der Waals surface area contributed by atoms with Crippen LogP contribution in [0.2, 0.25) is 0 Å². The van der Waals surface area contributed by atoms with Gasteiger partial charge in [-0.2, -0.15) is 0 Å². The van der Waals surface area contributed by atoms with E-state index in [-0.39, 0.29) is 24.9 Å². The number of amides is 2. The average Bonchev–Trinajstić information content (AvgIpc) is 2.50. The largest absolute Gasteiger partial charge is 0.341 e. The summed E-state index contributed by atoms with van der Waals surface area (Å²) in [5.41, 5.74) is 0.877. The fraction of sp³-hybridized carbons (Fsp3) is 0.588. The zero-order valence-corrected chi connectivity index (χ0v) is 17.3. The van der Waals surface area contributed by atoms with Gasteiger partial charge in [-0.1, -0.05) is 0 Å². The summed E-state index contributed by atoms with van der Waals surface area (Å²) in [4.78, 5) is 34.3. The van der Waals surface area contributed by atoms with Gasteiger partial charge in [0.1, 0.15) is 5.82 Å². The maximum atomic E-state index is 12.3. The summed E-state index contributed by atoms with van der Waals surface area (Å²) in [6.07, 6.45) is 1.64. The Morgan fingerprint density at radius 2 is 1.88 bits per heavy atom. The highest BCUT2D eigenvalue weighted by molar-refractivity contribution is 9.10. The number of rotatable bonds is 9. The molecular formula is C17H28BrN5O2. The first-order chi connectivity index (χ1) is 11.7. The van der Waals surface area contributed by atoms with Crippen molar-refractivity contribution < 1.29 is 9.59 Å². The number of carbonyl (C=O) groups is 2. The molecule has 1 heterocycles. The summed E-state index contributed by atoms with van der Waals surface area (Å²) in [7, 11) is 5.72. The standard InChI is InChI=1S/C17H28BrN5O2/c1-6-23(8-7-21(3)4)16(25)12-22(5)11-15(24)20-17-13(2)9-14(18)10-19-17/h9-10H,6-8,11-12H2,1-5H3,(H,19,20,24). The first-order valence-corrected chi connectivity index (χ1v) is 9.05. The highest BCUT2D eigenvalue weighted by atomic mass is 79.9. The van der Waals surface area contributed by atoms with Gasteiger partial charge in [-0.05, 0) is 62.6 Å². The van der Waals surface area contributed by atoms with Crippen molar-refractivity contribution in [3.8, 4) is 0 Å². The minimum absolute atomic E-state index is 0.0256. The van der Waals surface area contributed by atoms with E-state index in [0.29, 0.717) is 18.9 Å². The number of hydrogen-bond donors (Lipinski definition) is 1. The van der Waals surface area contributed by atoms with Crippen molar-refractivity contribution in [3.63, 3.8) is 0 Å². The topological polar surface area (TPSA) is 68.8 Å². The Hall–Kier alpha value is -1.51. The Labute approximate surface area is 158 Å². The number of nitrogens with one attached hydrogen (secondary N) is 1. The Kier molecular flexibility index (Phi) is 9.02. The molecule has 0 aromatic carbocycles. The SMILES string of the molecule is CCN(CCN(C)C)C(=O)CN(C)CC(=O)Nc1ncc(Br)cc1C. The van der Waals surface area contributed by atoms with E-state index < -0.39 is 0 Å². The summed E-state index contributed by atoms with van der Waals surface area (Å²) in [6, 6.07) is 1.89. The van der Waals surface area contributed by atoms with E-state index in [4.69, 9.17) is 0 Å². The number of carbonyl (C=O) groups excluding carboxylic acids is 2. The van der Waals surface area contributed by atoms with Crippen LogP contribution in [0.1, 0.15) is 12.5 Å². The molecule has 0 saturated carbocycles. The highest BCUT2D eigenvalue weighted by Gasteiger charge is 2.16. The summed E-state index contributed by atoms with van der Waals surface area (Å²) < 4.78 is 0.864. The third-order valence-electron chi connectivity index (χ3n) is 3.67. The third kappa shape index (κ3) is 7.94. The molecule has 140 valence electrons. The smallest absolute Gasteiger partial charge is 0.239 e. The number of anilines is 1. The van der Waals surface area contributed by atoms with Crippen molar-refractivity contribution in [2.75, 3.05) is 59.2 Å². The number of halogens is 1. The van der Waals surface area contributed by atoms with Crippen LogP contribution in [-0.4, -0.2) is 85.4 Å². The van der Waals surface area contributed by atoms with Crippen molar-refractivity contribution in [1.82, 2.24) is 19.7 Å². The monoisotopic (exact) mass is 413 g/mol. The number of pyridine rings is 1. The van der Waals surface area contributed by atoms with E-state index in [1.54, 1.807) is 23.0 Å². The fourth-order valence-corrected chi connectivity index (χ4v) is 2.70. The Balaban J connectivity index is 2.50. The van der Waals surface area contributed by atoms with E-state index in [1.165, 1.54) is 0 Å². The predicted molar refractivity (Wildman–Crippen MR) is 104 cm³/mol. The molecule has 0 aliphatic rings. The van der Waals surface area contributed by atoms with Crippen LogP contribution in [0.25, 0.3) is 0 Å². The van der Waals surface area contributed by atoms with Crippen molar-refractivity contribution in [3.05, 3.63) is 22.3 Å². The van der Waals surface area contributed by atoms with Crippen LogP contribution in [0.4, 0.5) is 5.82 Å².